The van der Waals surface area contributed by atoms with Crippen molar-refractivity contribution in [3.8, 4) is 0 Å². The number of rotatable bonds is 5. The first-order chi connectivity index (χ1) is 8.67. The lowest BCUT2D eigenvalue weighted by Gasteiger charge is -2.09. The molecule has 2 aromatic rings. The number of para-hydroxylation sites is 1. The first kappa shape index (κ1) is 13.0. The van der Waals surface area contributed by atoms with Gasteiger partial charge in [0.2, 0.25) is 0 Å². The highest BCUT2D eigenvalue weighted by atomic mass is 19.1. The lowest BCUT2D eigenvalue weighted by molar-refractivity contribution is 0.527. The van der Waals surface area contributed by atoms with Crippen LogP contribution in [-0.4, -0.2) is 16.1 Å². The van der Waals surface area contributed by atoms with Gasteiger partial charge in [-0.05, 0) is 37.9 Å². The highest BCUT2D eigenvalue weighted by Gasteiger charge is 2.13. The van der Waals surface area contributed by atoms with E-state index in [1.54, 1.807) is 6.07 Å². The van der Waals surface area contributed by atoms with Crippen molar-refractivity contribution in [2.24, 2.45) is 11.7 Å². The average molecular weight is 249 g/mol. The minimum atomic E-state index is -0.243. The molecule has 0 aliphatic heterocycles. The highest BCUT2D eigenvalue weighted by molar-refractivity contribution is 5.76. The molecule has 2 N–H and O–H groups in total. The van der Waals surface area contributed by atoms with E-state index in [-0.39, 0.29) is 5.82 Å². The number of hydrogen-bond acceptors (Lipinski definition) is 2. The van der Waals surface area contributed by atoms with Crippen LogP contribution in [0.25, 0.3) is 11.0 Å². The molecule has 1 aromatic heterocycles. The van der Waals surface area contributed by atoms with Crippen LogP contribution >= 0.6 is 0 Å². The second-order valence-electron chi connectivity index (χ2n) is 4.76. The van der Waals surface area contributed by atoms with Gasteiger partial charge in [0, 0.05) is 13.0 Å². The number of imidazole rings is 1. The van der Waals surface area contributed by atoms with Crippen LogP contribution in [0.2, 0.25) is 0 Å². The van der Waals surface area contributed by atoms with Crippen molar-refractivity contribution >= 4 is 11.0 Å². The highest BCUT2D eigenvalue weighted by Crippen LogP contribution is 2.20. The van der Waals surface area contributed by atoms with Crippen LogP contribution in [0, 0.1) is 11.7 Å². The molecule has 0 fully saturated rings. The van der Waals surface area contributed by atoms with Gasteiger partial charge in [0.05, 0.1) is 5.52 Å². The van der Waals surface area contributed by atoms with Gasteiger partial charge in [0.25, 0.3) is 0 Å². The summed E-state index contributed by atoms with van der Waals surface area (Å²) in [4.78, 5) is 4.44. The van der Waals surface area contributed by atoms with Gasteiger partial charge in [0.15, 0.2) is 5.82 Å². The van der Waals surface area contributed by atoms with E-state index in [1.165, 1.54) is 6.07 Å². The number of aryl methyl sites for hydroxylation is 2. The summed E-state index contributed by atoms with van der Waals surface area (Å²) in [5.74, 6) is 1.19. The van der Waals surface area contributed by atoms with Crippen LogP contribution in [0.1, 0.15) is 26.1 Å². The van der Waals surface area contributed by atoms with Gasteiger partial charge >= 0.3 is 0 Å². The number of benzene rings is 1. The monoisotopic (exact) mass is 249 g/mol. The molecular formula is C14H20FN3. The molecule has 4 heteroatoms. The number of fused-ring (bicyclic) bond motifs is 1. The Kier molecular flexibility index (Phi) is 3.97. The predicted octanol–water partition coefficient (Wildman–Crippen LogP) is 2.72. The Morgan fingerprint density at radius 3 is 2.89 bits per heavy atom. The maximum Gasteiger partial charge on any atom is 0.151 e. The Morgan fingerprint density at radius 2 is 2.22 bits per heavy atom. The molecule has 0 saturated heterocycles. The van der Waals surface area contributed by atoms with E-state index in [4.69, 9.17) is 5.73 Å². The summed E-state index contributed by atoms with van der Waals surface area (Å²) in [5.41, 5.74) is 6.98. The zero-order valence-corrected chi connectivity index (χ0v) is 11.0. The molecular weight excluding hydrogens is 229 g/mol. The predicted molar refractivity (Wildman–Crippen MR) is 71.9 cm³/mol. The summed E-state index contributed by atoms with van der Waals surface area (Å²) < 4.78 is 15.8. The molecule has 0 bridgehead atoms. The fourth-order valence-electron chi connectivity index (χ4n) is 2.20. The van der Waals surface area contributed by atoms with Gasteiger partial charge in [-0.25, -0.2) is 9.37 Å². The zero-order chi connectivity index (χ0) is 13.1. The molecule has 0 aliphatic carbocycles. The molecule has 98 valence electrons. The number of hydrogen-bond donors (Lipinski definition) is 1. The Hall–Kier alpha value is -1.42. The van der Waals surface area contributed by atoms with E-state index in [1.807, 2.05) is 6.07 Å². The van der Waals surface area contributed by atoms with Crippen molar-refractivity contribution in [1.29, 1.82) is 0 Å². The molecule has 18 heavy (non-hydrogen) atoms. The molecule has 1 unspecified atom stereocenters. The average Bonchev–Trinajstić information content (AvgIpc) is 2.75. The van der Waals surface area contributed by atoms with Crippen LogP contribution in [0.4, 0.5) is 4.39 Å². The normalized spacial score (nSPS) is 13.1. The minimum absolute atomic E-state index is 0.243. The third kappa shape index (κ3) is 2.38. The van der Waals surface area contributed by atoms with Crippen molar-refractivity contribution < 1.29 is 4.39 Å². The van der Waals surface area contributed by atoms with E-state index in [0.717, 1.165) is 30.7 Å². The largest absolute Gasteiger partial charge is 0.330 e. The molecule has 0 amide bonds. The molecule has 3 nitrogen and oxygen atoms in total. The smallest absolute Gasteiger partial charge is 0.151 e. The van der Waals surface area contributed by atoms with E-state index in [0.29, 0.717) is 18.0 Å². The van der Waals surface area contributed by atoms with Gasteiger partial charge < -0.3 is 10.3 Å². The van der Waals surface area contributed by atoms with Crippen LogP contribution in [0.3, 0.4) is 0 Å². The lowest BCUT2D eigenvalue weighted by Crippen LogP contribution is -2.12. The van der Waals surface area contributed by atoms with E-state index in [2.05, 4.69) is 23.4 Å². The first-order valence-electron chi connectivity index (χ1n) is 6.51. The molecule has 1 aromatic carbocycles. The van der Waals surface area contributed by atoms with Crippen LogP contribution < -0.4 is 5.73 Å². The van der Waals surface area contributed by atoms with E-state index >= 15 is 0 Å². The summed E-state index contributed by atoms with van der Waals surface area (Å²) in [6, 6.07) is 5.12. The van der Waals surface area contributed by atoms with Gasteiger partial charge in [0.1, 0.15) is 11.3 Å². The van der Waals surface area contributed by atoms with E-state index in [9.17, 15) is 4.39 Å². The fraction of sp³-hybridized carbons (Fsp3) is 0.500. The van der Waals surface area contributed by atoms with Crippen molar-refractivity contribution in [1.82, 2.24) is 9.55 Å². The maximum absolute atomic E-state index is 13.7. The number of halogens is 1. The van der Waals surface area contributed by atoms with Gasteiger partial charge in [-0.3, -0.25) is 0 Å². The second kappa shape index (κ2) is 5.48. The SMILES string of the molecule is CCn1c(CCC(C)CN)nc2c(F)cccc21. The van der Waals surface area contributed by atoms with Crippen molar-refractivity contribution in [2.45, 2.75) is 33.2 Å². The summed E-state index contributed by atoms with van der Waals surface area (Å²) in [5, 5.41) is 0. The van der Waals surface area contributed by atoms with Gasteiger partial charge in [-0.1, -0.05) is 13.0 Å². The molecule has 1 atom stereocenters. The summed E-state index contributed by atoms with van der Waals surface area (Å²) >= 11 is 0. The summed E-state index contributed by atoms with van der Waals surface area (Å²) in [6.07, 6.45) is 1.84. The molecule has 0 radical (unpaired) electrons. The molecule has 0 aliphatic rings. The van der Waals surface area contributed by atoms with Gasteiger partial charge in [-0.15, -0.1) is 0 Å². The zero-order valence-electron chi connectivity index (χ0n) is 11.0. The Morgan fingerprint density at radius 1 is 1.44 bits per heavy atom. The third-order valence-electron chi connectivity index (χ3n) is 3.39. The van der Waals surface area contributed by atoms with Crippen LogP contribution in [0.15, 0.2) is 18.2 Å². The van der Waals surface area contributed by atoms with E-state index < -0.39 is 0 Å². The summed E-state index contributed by atoms with van der Waals surface area (Å²) in [6.45, 7) is 5.68. The van der Waals surface area contributed by atoms with Crippen molar-refractivity contribution in [3.63, 3.8) is 0 Å². The first-order valence-corrected chi connectivity index (χ1v) is 6.51. The minimum Gasteiger partial charge on any atom is -0.330 e. The molecule has 0 saturated carbocycles. The third-order valence-corrected chi connectivity index (χ3v) is 3.39. The quantitative estimate of drug-likeness (QED) is 0.885. The maximum atomic E-state index is 13.7. The molecule has 2 rings (SSSR count). The van der Waals surface area contributed by atoms with Crippen LogP contribution in [-0.2, 0) is 13.0 Å². The van der Waals surface area contributed by atoms with Gasteiger partial charge in [-0.2, -0.15) is 0 Å². The summed E-state index contributed by atoms with van der Waals surface area (Å²) in [7, 11) is 0. The lowest BCUT2D eigenvalue weighted by atomic mass is 10.1. The Bertz CT molecular complexity index is 533. The topological polar surface area (TPSA) is 43.8 Å². The molecule has 1 heterocycles. The van der Waals surface area contributed by atoms with Crippen LogP contribution in [0.5, 0.6) is 0 Å². The van der Waals surface area contributed by atoms with Crippen molar-refractivity contribution in [3.05, 3.63) is 29.8 Å². The standard InChI is InChI=1S/C14H20FN3/c1-3-18-12-6-4-5-11(15)14(12)17-13(18)8-7-10(2)9-16/h4-6,10H,3,7-9,16H2,1-2H3. The molecule has 0 spiro atoms. The fourth-order valence-corrected chi connectivity index (χ4v) is 2.20. The Balaban J connectivity index is 2.35. The second-order valence-corrected chi connectivity index (χ2v) is 4.76. The van der Waals surface area contributed by atoms with Crippen molar-refractivity contribution in [2.75, 3.05) is 6.54 Å². The number of aromatic nitrogens is 2. The number of nitrogens with two attached hydrogens (primary N) is 1. The Labute approximate surface area is 107 Å². The number of nitrogens with zero attached hydrogens (tertiary/aromatic N) is 2.